The Labute approximate surface area is 199 Å². The second kappa shape index (κ2) is 6.74. The molecule has 0 radical (unpaired) electrons. The molecule has 0 aliphatic rings. The van der Waals surface area contributed by atoms with E-state index in [0.29, 0.717) is 49.0 Å². The van der Waals surface area contributed by atoms with Crippen LogP contribution in [0.3, 0.4) is 0 Å². The van der Waals surface area contributed by atoms with E-state index in [9.17, 15) is 19.2 Å². The Morgan fingerprint density at radius 1 is 0.486 bits per heavy atom. The van der Waals surface area contributed by atoms with Gasteiger partial charge in [0.1, 0.15) is 15.8 Å². The maximum atomic E-state index is 13.5. The lowest BCUT2D eigenvalue weighted by Crippen LogP contribution is -2.24. The third kappa shape index (κ3) is 2.49. The standard InChI is InChI=1S/C28H11ClN2O4/c29-18-11-17-21(28(35)15-8-4-2-6-13(15)26(17)33)24-22(18)31-23-19(30-24)10-9-16-20(23)27(34)14-7-3-1-5-12(14)25(16)32/h1-11H/p+2. The van der Waals surface area contributed by atoms with Crippen LogP contribution in [0.1, 0.15) is 0 Å². The first-order valence-corrected chi connectivity index (χ1v) is 11.3. The summed E-state index contributed by atoms with van der Waals surface area (Å²) in [6.07, 6.45) is 0. The van der Waals surface area contributed by atoms with E-state index in [1.807, 2.05) is 0 Å². The molecule has 0 spiro atoms. The van der Waals surface area contributed by atoms with Gasteiger partial charge in [0.05, 0.1) is 0 Å². The van der Waals surface area contributed by atoms with Crippen molar-refractivity contribution in [3.05, 3.63) is 113 Å². The number of fused-ring (bicyclic) bond motifs is 8. The Morgan fingerprint density at radius 3 is 1.60 bits per heavy atom. The van der Waals surface area contributed by atoms with Crippen molar-refractivity contribution >= 4 is 76.8 Å². The molecule has 2 N–H and O–H groups in total. The fourth-order valence-corrected chi connectivity index (χ4v) is 5.40. The molecule has 0 saturated heterocycles. The van der Waals surface area contributed by atoms with Crippen molar-refractivity contribution in [2.45, 2.75) is 0 Å². The van der Waals surface area contributed by atoms with Crippen molar-refractivity contribution in [2.75, 3.05) is 0 Å². The van der Waals surface area contributed by atoms with Gasteiger partial charge in [0, 0.05) is 38.4 Å². The zero-order valence-electron chi connectivity index (χ0n) is 17.9. The predicted molar refractivity (Wildman–Crippen MR) is 137 cm³/mol. The van der Waals surface area contributed by atoms with Gasteiger partial charge in [-0.15, -0.1) is 0 Å². The van der Waals surface area contributed by atoms with Crippen LogP contribution < -0.4 is 31.7 Å². The smallest absolute Gasteiger partial charge is 0.289 e. The molecule has 7 aromatic rings. The van der Waals surface area contributed by atoms with E-state index in [2.05, 4.69) is 9.97 Å². The van der Waals surface area contributed by atoms with Crippen LogP contribution in [0.4, 0.5) is 0 Å². The van der Waals surface area contributed by atoms with E-state index < -0.39 is 0 Å². The topological polar surface area (TPSA) is 96.6 Å². The highest BCUT2D eigenvalue weighted by molar-refractivity contribution is 6.36. The molecule has 1 heterocycles. The van der Waals surface area contributed by atoms with Gasteiger partial charge in [-0.3, -0.25) is 19.2 Å². The van der Waals surface area contributed by atoms with Gasteiger partial charge in [0.15, 0.2) is 10.9 Å². The summed E-state index contributed by atoms with van der Waals surface area (Å²) in [5, 5.41) is 2.54. The minimum atomic E-state index is -0.293. The first-order valence-electron chi connectivity index (χ1n) is 10.9. The van der Waals surface area contributed by atoms with Crippen LogP contribution in [-0.2, 0) is 0 Å². The Bertz CT molecular complexity index is 2320. The summed E-state index contributed by atoms with van der Waals surface area (Å²) >= 11 is 6.60. The van der Waals surface area contributed by atoms with E-state index in [-0.39, 0.29) is 42.9 Å². The number of hydrogen-bond donors (Lipinski definition) is 0. The van der Waals surface area contributed by atoms with Crippen LogP contribution in [0.2, 0.25) is 5.02 Å². The molecule has 1 aromatic heterocycles. The third-order valence-corrected chi connectivity index (χ3v) is 7.07. The molecule has 0 fully saturated rings. The number of aromatic nitrogens is 2. The molecule has 0 atom stereocenters. The molecular formula is C28H13ClN2O4+2. The normalized spacial score (nSPS) is 12.0. The second-order valence-electron chi connectivity index (χ2n) is 8.60. The van der Waals surface area contributed by atoms with E-state index in [1.54, 1.807) is 60.7 Å². The Balaban J connectivity index is 1.75. The lowest BCUT2D eigenvalue weighted by atomic mass is 9.99. The van der Waals surface area contributed by atoms with Crippen molar-refractivity contribution in [3.8, 4) is 0 Å². The highest BCUT2D eigenvalue weighted by Gasteiger charge is 2.27. The molecule has 7 rings (SSSR count). The van der Waals surface area contributed by atoms with E-state index in [1.165, 1.54) is 6.07 Å². The van der Waals surface area contributed by atoms with Crippen LogP contribution >= 0.6 is 11.6 Å². The van der Waals surface area contributed by atoms with Gasteiger partial charge < -0.3 is 0 Å². The van der Waals surface area contributed by atoms with Crippen LogP contribution in [-0.4, -0.2) is 0 Å². The number of aromatic amines is 2. The first kappa shape index (κ1) is 19.9. The number of rotatable bonds is 0. The molecule has 6 nitrogen and oxygen atoms in total. The van der Waals surface area contributed by atoms with Crippen molar-refractivity contribution in [1.29, 1.82) is 0 Å². The van der Waals surface area contributed by atoms with Crippen molar-refractivity contribution < 1.29 is 9.97 Å². The molecule has 0 saturated carbocycles. The number of hydrogen-bond acceptors (Lipinski definition) is 4. The monoisotopic (exact) mass is 476 g/mol. The number of halogens is 1. The lowest BCUT2D eigenvalue weighted by Gasteiger charge is -2.03. The van der Waals surface area contributed by atoms with Gasteiger partial charge >= 0.3 is 0 Å². The maximum absolute atomic E-state index is 13.5. The Kier molecular flexibility index (Phi) is 3.83. The van der Waals surface area contributed by atoms with E-state index in [4.69, 9.17) is 11.6 Å². The SMILES string of the molecule is O=c1c2ccccc2c(=O)c2c1ccc1[nH+]c3c([nH+]c12)c(Cl)cc1c(=O)c2ccccc2c(=O)c13. The zero-order valence-corrected chi connectivity index (χ0v) is 18.6. The molecule has 0 aliphatic heterocycles. The molecule has 7 heteroatoms. The summed E-state index contributed by atoms with van der Waals surface area (Å²) in [5.41, 5.74) is 0.543. The van der Waals surface area contributed by atoms with Gasteiger partial charge in [-0.25, -0.2) is 0 Å². The average molecular weight is 477 g/mol. The Hall–Kier alpha value is -4.55. The van der Waals surface area contributed by atoms with Crippen molar-refractivity contribution in [3.63, 3.8) is 0 Å². The van der Waals surface area contributed by atoms with Crippen LogP contribution in [0.25, 0.3) is 65.2 Å². The summed E-state index contributed by atoms with van der Waals surface area (Å²) < 4.78 is 0. The van der Waals surface area contributed by atoms with Crippen molar-refractivity contribution in [1.82, 2.24) is 0 Å². The fraction of sp³-hybridized carbons (Fsp3) is 0. The molecular weight excluding hydrogens is 464 g/mol. The number of benzene rings is 6. The number of nitrogens with one attached hydrogen (secondary N) is 2. The molecule has 0 unspecified atom stereocenters. The Morgan fingerprint density at radius 2 is 1.00 bits per heavy atom. The first-order chi connectivity index (χ1) is 17.0. The van der Waals surface area contributed by atoms with Gasteiger partial charge in [-0.2, -0.15) is 9.97 Å². The molecule has 6 aromatic carbocycles. The maximum Gasteiger partial charge on any atom is 0.295 e. The van der Waals surface area contributed by atoms with E-state index >= 15 is 0 Å². The summed E-state index contributed by atoms with van der Waals surface area (Å²) in [5.74, 6) is 0. The molecule has 0 amide bonds. The highest BCUT2D eigenvalue weighted by atomic mass is 35.5. The fourth-order valence-electron chi connectivity index (χ4n) is 5.15. The summed E-state index contributed by atoms with van der Waals surface area (Å²) in [7, 11) is 0. The second-order valence-corrected chi connectivity index (χ2v) is 9.01. The van der Waals surface area contributed by atoms with Gasteiger partial charge in [-0.05, 0) is 12.1 Å². The summed E-state index contributed by atoms with van der Waals surface area (Å²) in [6, 6.07) is 18.1. The largest absolute Gasteiger partial charge is 0.295 e. The van der Waals surface area contributed by atoms with Crippen molar-refractivity contribution in [2.24, 2.45) is 0 Å². The zero-order chi connectivity index (χ0) is 24.0. The molecule has 0 bridgehead atoms. The minimum absolute atomic E-state index is 0.213. The van der Waals surface area contributed by atoms with Crippen LogP contribution in [0.15, 0.2) is 85.9 Å². The van der Waals surface area contributed by atoms with Crippen LogP contribution in [0.5, 0.6) is 0 Å². The van der Waals surface area contributed by atoms with Crippen LogP contribution in [0, 0.1) is 0 Å². The third-order valence-electron chi connectivity index (χ3n) is 6.77. The highest BCUT2D eigenvalue weighted by Crippen LogP contribution is 2.27. The number of H-pyrrole nitrogens is 2. The minimum Gasteiger partial charge on any atom is -0.289 e. The molecule has 0 aliphatic carbocycles. The van der Waals surface area contributed by atoms with Gasteiger partial charge in [-0.1, -0.05) is 60.1 Å². The quantitative estimate of drug-likeness (QED) is 0.248. The van der Waals surface area contributed by atoms with Gasteiger partial charge in [0.2, 0.25) is 10.9 Å². The summed E-state index contributed by atoms with van der Waals surface area (Å²) in [4.78, 5) is 59.6. The molecule has 35 heavy (non-hydrogen) atoms. The average Bonchev–Trinajstić information content (AvgIpc) is 2.89. The summed E-state index contributed by atoms with van der Waals surface area (Å²) in [6.45, 7) is 0. The lowest BCUT2D eigenvalue weighted by molar-refractivity contribution is -0.359. The molecule has 164 valence electrons. The van der Waals surface area contributed by atoms with Gasteiger partial charge in [0.25, 0.3) is 22.1 Å². The van der Waals surface area contributed by atoms with E-state index in [0.717, 1.165) is 0 Å². The predicted octanol–water partition coefficient (Wildman–Crippen LogP) is 3.20.